The van der Waals surface area contributed by atoms with Crippen LogP contribution in [0, 0.1) is 0 Å². The van der Waals surface area contributed by atoms with Gasteiger partial charge in [0.05, 0.1) is 0 Å². The minimum absolute atomic E-state index is 0.195. The molecule has 0 atom stereocenters. The average Bonchev–Trinajstić information content (AvgIpc) is 1.94. The Morgan fingerprint density at radius 1 is 0.625 bits per heavy atom. The molecule has 0 radical (unpaired) electrons. The molecule has 0 aromatic heterocycles. The molecule has 0 saturated heterocycles. The molecule has 0 aromatic rings. The smallest absolute Gasteiger partial charge is 0.394 e. The summed E-state index contributed by atoms with van der Waals surface area (Å²) in [5, 5.41) is 16.2. The molecular formula is C4H14O10S2. The van der Waals surface area contributed by atoms with Gasteiger partial charge in [-0.3, -0.25) is 18.2 Å². The van der Waals surface area contributed by atoms with Crippen molar-refractivity contribution >= 4 is 20.8 Å². The molecule has 0 aliphatic carbocycles. The Labute approximate surface area is 92.7 Å². The molecule has 0 aliphatic heterocycles. The summed E-state index contributed by atoms with van der Waals surface area (Å²) in [6.45, 7) is 0.390. The zero-order valence-electron chi connectivity index (χ0n) is 7.96. The second kappa shape index (κ2) is 11.2. The maximum Gasteiger partial charge on any atom is 0.394 e. The summed E-state index contributed by atoms with van der Waals surface area (Å²) >= 11 is 0. The summed E-state index contributed by atoms with van der Waals surface area (Å²) in [5.41, 5.74) is 0. The highest BCUT2D eigenvalue weighted by atomic mass is 32.3. The molecule has 102 valence electrons. The topological polar surface area (TPSA) is 190 Å². The van der Waals surface area contributed by atoms with Crippen molar-refractivity contribution in [1.82, 2.24) is 0 Å². The van der Waals surface area contributed by atoms with E-state index in [-0.39, 0.29) is 13.2 Å². The van der Waals surface area contributed by atoms with Gasteiger partial charge < -0.3 is 10.2 Å². The van der Waals surface area contributed by atoms with Crippen LogP contribution in [0.15, 0.2) is 0 Å². The quantitative estimate of drug-likeness (QED) is 0.261. The first-order valence-corrected chi connectivity index (χ1v) is 6.32. The lowest BCUT2D eigenvalue weighted by Gasteiger charge is -1.85. The number of rotatable bonds is 3. The van der Waals surface area contributed by atoms with E-state index in [0.717, 1.165) is 12.8 Å². The van der Waals surface area contributed by atoms with E-state index in [1.165, 1.54) is 0 Å². The number of hydrogen-bond donors (Lipinski definition) is 6. The molecular weight excluding hydrogens is 272 g/mol. The fraction of sp³-hybridized carbons (Fsp3) is 1.00. The minimum Gasteiger partial charge on any atom is -0.396 e. The van der Waals surface area contributed by atoms with Crippen LogP contribution in [0.25, 0.3) is 0 Å². The Morgan fingerprint density at radius 3 is 0.812 bits per heavy atom. The van der Waals surface area contributed by atoms with Crippen molar-refractivity contribution in [2.45, 2.75) is 12.8 Å². The Morgan fingerprint density at radius 2 is 0.750 bits per heavy atom. The molecule has 0 saturated carbocycles. The normalized spacial score (nSPS) is 10.6. The van der Waals surface area contributed by atoms with Gasteiger partial charge in [-0.15, -0.1) is 0 Å². The minimum atomic E-state index is -4.67. The van der Waals surface area contributed by atoms with Crippen LogP contribution in [-0.2, 0) is 20.8 Å². The highest BCUT2D eigenvalue weighted by molar-refractivity contribution is 7.80. The molecule has 0 fully saturated rings. The lowest BCUT2D eigenvalue weighted by Crippen LogP contribution is -1.89. The van der Waals surface area contributed by atoms with Crippen LogP contribution >= 0.6 is 0 Å². The molecule has 0 heterocycles. The predicted octanol–water partition coefficient (Wildman–Crippen LogP) is -1.55. The molecule has 12 heteroatoms. The van der Waals surface area contributed by atoms with Gasteiger partial charge in [0.25, 0.3) is 0 Å². The first-order chi connectivity index (χ1) is 6.91. The highest BCUT2D eigenvalue weighted by Crippen LogP contribution is 1.80. The molecule has 0 aromatic carbocycles. The number of unbranched alkanes of at least 4 members (excludes halogenated alkanes) is 1. The predicted molar refractivity (Wildman–Crippen MR) is 51.8 cm³/mol. The van der Waals surface area contributed by atoms with E-state index in [0.29, 0.717) is 0 Å². The summed E-state index contributed by atoms with van der Waals surface area (Å²) in [7, 11) is -9.33. The summed E-state index contributed by atoms with van der Waals surface area (Å²) in [6.07, 6.45) is 1.44. The largest absolute Gasteiger partial charge is 0.396 e. The van der Waals surface area contributed by atoms with E-state index in [2.05, 4.69) is 0 Å². The van der Waals surface area contributed by atoms with Crippen molar-refractivity contribution in [2.75, 3.05) is 13.2 Å². The first-order valence-electron chi connectivity index (χ1n) is 3.53. The van der Waals surface area contributed by atoms with Crippen LogP contribution < -0.4 is 0 Å². The fourth-order valence-electron chi connectivity index (χ4n) is 0.224. The van der Waals surface area contributed by atoms with E-state index in [1.807, 2.05) is 0 Å². The standard InChI is InChI=1S/C4H10O2.2H2O4S/c5-3-1-2-4-6;2*1-5(2,3)4/h5-6H,1-4H2;2*(H2,1,2,3,4). The van der Waals surface area contributed by atoms with Crippen molar-refractivity contribution in [1.29, 1.82) is 0 Å². The third kappa shape index (κ3) is 309. The Hall–Kier alpha value is -0.340. The number of aliphatic hydroxyl groups excluding tert-OH is 2. The van der Waals surface area contributed by atoms with Crippen molar-refractivity contribution in [2.24, 2.45) is 0 Å². The maximum atomic E-state index is 8.74. The Kier molecular flexibility index (Phi) is 14.6. The van der Waals surface area contributed by atoms with Crippen molar-refractivity contribution < 1.29 is 45.3 Å². The van der Waals surface area contributed by atoms with Gasteiger partial charge in [0.1, 0.15) is 0 Å². The highest BCUT2D eigenvalue weighted by Gasteiger charge is 1.85. The summed E-state index contributed by atoms with van der Waals surface area (Å²) in [4.78, 5) is 0. The van der Waals surface area contributed by atoms with Crippen molar-refractivity contribution in [3.05, 3.63) is 0 Å². The molecule has 0 spiro atoms. The van der Waals surface area contributed by atoms with Crippen LogP contribution in [0.3, 0.4) is 0 Å². The van der Waals surface area contributed by atoms with E-state index >= 15 is 0 Å². The zero-order chi connectivity index (χ0) is 13.8. The monoisotopic (exact) mass is 286 g/mol. The van der Waals surface area contributed by atoms with E-state index < -0.39 is 20.8 Å². The van der Waals surface area contributed by atoms with Crippen LogP contribution in [0.1, 0.15) is 12.8 Å². The SMILES string of the molecule is O=S(=O)(O)O.O=S(=O)(O)O.OCCCCO. The Balaban J connectivity index is -0.000000160. The van der Waals surface area contributed by atoms with Gasteiger partial charge in [0.2, 0.25) is 0 Å². The van der Waals surface area contributed by atoms with Gasteiger partial charge in [-0.1, -0.05) is 0 Å². The van der Waals surface area contributed by atoms with Crippen molar-refractivity contribution in [3.63, 3.8) is 0 Å². The second-order valence-electron chi connectivity index (χ2n) is 2.05. The molecule has 10 nitrogen and oxygen atoms in total. The molecule has 0 unspecified atom stereocenters. The summed E-state index contributed by atoms with van der Waals surface area (Å²) in [6, 6.07) is 0. The molecule has 0 amide bonds. The molecule has 6 N–H and O–H groups in total. The number of hydrogen-bond acceptors (Lipinski definition) is 6. The maximum absolute atomic E-state index is 8.74. The van der Waals surface area contributed by atoms with Crippen molar-refractivity contribution in [3.8, 4) is 0 Å². The summed E-state index contributed by atoms with van der Waals surface area (Å²) < 4.78 is 63.2. The zero-order valence-corrected chi connectivity index (χ0v) is 9.59. The molecule has 0 bridgehead atoms. The molecule has 0 rings (SSSR count). The van der Waals surface area contributed by atoms with Gasteiger partial charge in [-0.05, 0) is 12.8 Å². The van der Waals surface area contributed by atoms with Gasteiger partial charge in [-0.2, -0.15) is 16.8 Å². The number of aliphatic hydroxyl groups is 2. The van der Waals surface area contributed by atoms with Crippen LogP contribution in [0.4, 0.5) is 0 Å². The lowest BCUT2D eigenvalue weighted by atomic mass is 10.3. The first kappa shape index (κ1) is 21.0. The van der Waals surface area contributed by atoms with Gasteiger partial charge in [0, 0.05) is 13.2 Å². The average molecular weight is 286 g/mol. The molecule has 16 heavy (non-hydrogen) atoms. The van der Waals surface area contributed by atoms with E-state index in [1.54, 1.807) is 0 Å². The van der Waals surface area contributed by atoms with Gasteiger partial charge in [0.15, 0.2) is 0 Å². The lowest BCUT2D eigenvalue weighted by molar-refractivity contribution is 0.242. The second-order valence-corrected chi connectivity index (χ2v) is 3.84. The summed E-state index contributed by atoms with van der Waals surface area (Å²) in [5.74, 6) is 0. The van der Waals surface area contributed by atoms with Crippen LogP contribution in [-0.4, -0.2) is 58.5 Å². The van der Waals surface area contributed by atoms with Gasteiger partial charge in [-0.25, -0.2) is 0 Å². The van der Waals surface area contributed by atoms with E-state index in [4.69, 9.17) is 45.3 Å². The Bertz CT molecular complexity index is 265. The van der Waals surface area contributed by atoms with Crippen LogP contribution in [0.2, 0.25) is 0 Å². The fourth-order valence-corrected chi connectivity index (χ4v) is 0.224. The van der Waals surface area contributed by atoms with Gasteiger partial charge >= 0.3 is 20.8 Å². The third-order valence-electron chi connectivity index (χ3n) is 0.566. The molecule has 0 aliphatic rings. The van der Waals surface area contributed by atoms with Crippen LogP contribution in [0.5, 0.6) is 0 Å². The van der Waals surface area contributed by atoms with E-state index in [9.17, 15) is 0 Å². The third-order valence-corrected chi connectivity index (χ3v) is 0.566.